The number of likely N-dealkylation sites (N-methyl/N-ethyl adjacent to an activating group) is 1. The van der Waals surface area contributed by atoms with E-state index in [1.165, 1.54) is 6.07 Å². The molecule has 0 aliphatic rings. The number of benzene rings is 2. The van der Waals surface area contributed by atoms with E-state index in [2.05, 4.69) is 5.32 Å². The van der Waals surface area contributed by atoms with Crippen molar-refractivity contribution in [2.45, 2.75) is 12.5 Å². The number of hydrogen-bond acceptors (Lipinski definition) is 1. The topological polar surface area (TPSA) is 12.0 Å². The molecular weight excluding hydrogens is 303 g/mol. The Bertz CT molecular complexity index is 597. The van der Waals surface area contributed by atoms with Gasteiger partial charge in [0.15, 0.2) is 11.6 Å². The zero-order valence-corrected chi connectivity index (χ0v) is 12.3. The smallest absolute Gasteiger partial charge is 0.159 e. The van der Waals surface area contributed by atoms with Gasteiger partial charge in [-0.25, -0.2) is 8.78 Å². The molecule has 5 heteroatoms. The van der Waals surface area contributed by atoms with Crippen molar-refractivity contribution in [3.63, 3.8) is 0 Å². The lowest BCUT2D eigenvalue weighted by molar-refractivity contribution is 0.504. The van der Waals surface area contributed by atoms with Crippen molar-refractivity contribution in [1.29, 1.82) is 0 Å². The van der Waals surface area contributed by atoms with Crippen LogP contribution in [-0.2, 0) is 6.42 Å². The average Bonchev–Trinajstić information content (AvgIpc) is 2.38. The molecule has 0 amide bonds. The van der Waals surface area contributed by atoms with Crippen molar-refractivity contribution in [1.82, 2.24) is 5.32 Å². The van der Waals surface area contributed by atoms with Crippen LogP contribution < -0.4 is 5.32 Å². The second-order valence-corrected chi connectivity index (χ2v) is 5.37. The molecule has 0 fully saturated rings. The van der Waals surface area contributed by atoms with Crippen LogP contribution in [0.4, 0.5) is 8.78 Å². The number of nitrogens with one attached hydrogen (secondary N) is 1. The van der Waals surface area contributed by atoms with E-state index in [0.29, 0.717) is 22.0 Å². The van der Waals surface area contributed by atoms with Gasteiger partial charge in [0.2, 0.25) is 0 Å². The van der Waals surface area contributed by atoms with Gasteiger partial charge in [-0.15, -0.1) is 0 Å². The monoisotopic (exact) mass is 315 g/mol. The normalized spacial score (nSPS) is 12.4. The van der Waals surface area contributed by atoms with Crippen molar-refractivity contribution in [2.24, 2.45) is 0 Å². The third kappa shape index (κ3) is 3.69. The summed E-state index contributed by atoms with van der Waals surface area (Å²) in [5.74, 6) is -1.69. The van der Waals surface area contributed by atoms with Gasteiger partial charge in [0.05, 0.1) is 0 Å². The van der Waals surface area contributed by atoms with Crippen LogP contribution >= 0.6 is 23.2 Å². The molecule has 0 saturated heterocycles. The van der Waals surface area contributed by atoms with Crippen LogP contribution in [0.5, 0.6) is 0 Å². The van der Waals surface area contributed by atoms with Crippen LogP contribution in [-0.4, -0.2) is 7.05 Å². The molecule has 0 aliphatic heterocycles. The fourth-order valence-corrected chi connectivity index (χ4v) is 2.61. The molecule has 0 saturated carbocycles. The molecule has 0 aromatic heterocycles. The predicted molar refractivity (Wildman–Crippen MR) is 78.3 cm³/mol. The maximum absolute atomic E-state index is 13.2. The molecule has 0 radical (unpaired) electrons. The van der Waals surface area contributed by atoms with E-state index >= 15 is 0 Å². The zero-order chi connectivity index (χ0) is 14.7. The summed E-state index contributed by atoms with van der Waals surface area (Å²) in [5, 5.41) is 4.20. The minimum atomic E-state index is -0.847. The van der Waals surface area contributed by atoms with E-state index in [1.807, 2.05) is 0 Å². The maximum atomic E-state index is 13.2. The lowest BCUT2D eigenvalue weighted by atomic mass is 9.99. The minimum Gasteiger partial charge on any atom is -0.313 e. The largest absolute Gasteiger partial charge is 0.313 e. The maximum Gasteiger partial charge on any atom is 0.159 e. The highest BCUT2D eigenvalue weighted by Gasteiger charge is 2.13. The molecule has 2 aromatic carbocycles. The first-order valence-electron chi connectivity index (χ1n) is 6.07. The average molecular weight is 316 g/mol. The van der Waals surface area contributed by atoms with Crippen LogP contribution in [0.3, 0.4) is 0 Å². The van der Waals surface area contributed by atoms with Crippen molar-refractivity contribution in [2.75, 3.05) is 7.05 Å². The molecule has 1 N–H and O–H groups in total. The first-order valence-corrected chi connectivity index (χ1v) is 6.82. The zero-order valence-electron chi connectivity index (χ0n) is 10.8. The van der Waals surface area contributed by atoms with Gasteiger partial charge in [0, 0.05) is 16.1 Å². The number of hydrogen-bond donors (Lipinski definition) is 1. The molecule has 1 atom stereocenters. The van der Waals surface area contributed by atoms with Gasteiger partial charge in [-0.2, -0.15) is 0 Å². The quantitative estimate of drug-likeness (QED) is 0.856. The molecule has 0 aliphatic carbocycles. The van der Waals surface area contributed by atoms with Gasteiger partial charge in [-0.1, -0.05) is 29.3 Å². The molecule has 2 aromatic rings. The third-order valence-corrected chi connectivity index (χ3v) is 3.50. The Balaban J connectivity index is 2.26. The summed E-state index contributed by atoms with van der Waals surface area (Å²) in [5.41, 5.74) is 1.59. The van der Waals surface area contributed by atoms with Crippen molar-refractivity contribution in [3.05, 3.63) is 69.2 Å². The molecule has 0 heterocycles. The Morgan fingerprint density at radius 3 is 2.20 bits per heavy atom. The molecular formula is C15H13Cl2F2N. The fourth-order valence-electron chi connectivity index (χ4n) is 2.07. The van der Waals surface area contributed by atoms with Gasteiger partial charge in [0.1, 0.15) is 0 Å². The summed E-state index contributed by atoms with van der Waals surface area (Å²) in [6, 6.07) is 9.05. The van der Waals surface area contributed by atoms with Crippen molar-refractivity contribution in [3.8, 4) is 0 Å². The van der Waals surface area contributed by atoms with Crippen LogP contribution in [0.2, 0.25) is 10.0 Å². The summed E-state index contributed by atoms with van der Waals surface area (Å²) < 4.78 is 26.1. The lowest BCUT2D eigenvalue weighted by Gasteiger charge is -2.17. The van der Waals surface area contributed by atoms with Crippen LogP contribution in [0.25, 0.3) is 0 Å². The Kier molecular flexibility index (Phi) is 4.97. The molecule has 106 valence electrons. The Morgan fingerprint density at radius 2 is 1.65 bits per heavy atom. The van der Waals surface area contributed by atoms with Crippen LogP contribution in [0, 0.1) is 11.6 Å². The summed E-state index contributed by atoms with van der Waals surface area (Å²) in [6.07, 6.45) is 0.504. The van der Waals surface area contributed by atoms with E-state index in [9.17, 15) is 8.78 Å². The Morgan fingerprint density at radius 1 is 1.00 bits per heavy atom. The number of halogens is 4. The minimum absolute atomic E-state index is 0.0870. The van der Waals surface area contributed by atoms with Gasteiger partial charge in [-0.3, -0.25) is 0 Å². The van der Waals surface area contributed by atoms with E-state index < -0.39 is 11.6 Å². The van der Waals surface area contributed by atoms with Gasteiger partial charge in [0.25, 0.3) is 0 Å². The van der Waals surface area contributed by atoms with E-state index in [-0.39, 0.29) is 6.04 Å². The predicted octanol–water partition coefficient (Wildman–Crippen LogP) is 4.77. The van der Waals surface area contributed by atoms with E-state index in [4.69, 9.17) is 23.2 Å². The molecule has 0 bridgehead atoms. The first kappa shape index (κ1) is 15.2. The highest BCUT2D eigenvalue weighted by molar-refractivity contribution is 6.34. The standard InChI is InChI=1S/C15H13Cl2F2N/c1-20-15(10-6-11(16)8-12(17)7-10)5-9-2-3-13(18)14(19)4-9/h2-4,6-8,15,20H,5H2,1H3. The van der Waals surface area contributed by atoms with Crippen LogP contribution in [0.15, 0.2) is 36.4 Å². The van der Waals surface area contributed by atoms with Gasteiger partial charge in [-0.05, 0) is 54.9 Å². The van der Waals surface area contributed by atoms with E-state index in [1.54, 1.807) is 31.3 Å². The second kappa shape index (κ2) is 6.53. The highest BCUT2D eigenvalue weighted by Crippen LogP contribution is 2.26. The van der Waals surface area contributed by atoms with Crippen LogP contribution in [0.1, 0.15) is 17.2 Å². The summed E-state index contributed by atoms with van der Waals surface area (Å²) in [7, 11) is 1.79. The van der Waals surface area contributed by atoms with Crippen molar-refractivity contribution < 1.29 is 8.78 Å². The Hall–Kier alpha value is -1.16. The first-order chi connectivity index (χ1) is 9.49. The Labute approximate surface area is 126 Å². The molecule has 20 heavy (non-hydrogen) atoms. The summed E-state index contributed by atoms with van der Waals surface area (Å²) in [4.78, 5) is 0. The molecule has 2 rings (SSSR count). The second-order valence-electron chi connectivity index (χ2n) is 4.50. The third-order valence-electron chi connectivity index (χ3n) is 3.06. The van der Waals surface area contributed by atoms with Crippen molar-refractivity contribution >= 4 is 23.2 Å². The van der Waals surface area contributed by atoms with E-state index in [0.717, 1.165) is 11.6 Å². The molecule has 1 nitrogen and oxygen atoms in total. The van der Waals surface area contributed by atoms with Gasteiger partial charge < -0.3 is 5.32 Å². The number of rotatable bonds is 4. The summed E-state index contributed by atoms with van der Waals surface area (Å²) >= 11 is 12.0. The SMILES string of the molecule is CNC(Cc1ccc(F)c(F)c1)c1cc(Cl)cc(Cl)c1. The lowest BCUT2D eigenvalue weighted by Crippen LogP contribution is -2.19. The fraction of sp³-hybridized carbons (Fsp3) is 0.200. The van der Waals surface area contributed by atoms with Gasteiger partial charge >= 0.3 is 0 Å². The highest BCUT2D eigenvalue weighted by atomic mass is 35.5. The molecule has 0 spiro atoms. The summed E-state index contributed by atoms with van der Waals surface area (Å²) in [6.45, 7) is 0. The molecule has 1 unspecified atom stereocenters.